The molecule has 0 spiro atoms. The molecule has 0 unspecified atom stereocenters. The zero-order chi connectivity index (χ0) is 17.4. The van der Waals surface area contributed by atoms with E-state index >= 15 is 0 Å². The summed E-state index contributed by atoms with van der Waals surface area (Å²) in [6.07, 6.45) is 2.24. The molecule has 1 fully saturated rings. The van der Waals surface area contributed by atoms with E-state index in [4.69, 9.17) is 0 Å². The summed E-state index contributed by atoms with van der Waals surface area (Å²) < 4.78 is 0. The molecular formula is C23H23OP. The minimum atomic E-state index is -3.17. The van der Waals surface area contributed by atoms with E-state index in [0.717, 1.165) is 12.8 Å². The van der Waals surface area contributed by atoms with Crippen molar-refractivity contribution in [3.05, 3.63) is 91.0 Å². The van der Waals surface area contributed by atoms with Crippen molar-refractivity contribution >= 4 is 28.0 Å². The van der Waals surface area contributed by atoms with Gasteiger partial charge in [0.05, 0.1) is 0 Å². The van der Waals surface area contributed by atoms with Gasteiger partial charge in [0, 0.05) is 0 Å². The maximum absolute atomic E-state index is 13.7. The number of carbonyl (C=O) groups is 1. The Kier molecular flexibility index (Phi) is 3.85. The van der Waals surface area contributed by atoms with Crippen LogP contribution in [0.5, 0.6) is 0 Å². The first-order valence-electron chi connectivity index (χ1n) is 8.91. The summed E-state index contributed by atoms with van der Waals surface area (Å²) in [5, 5.41) is 3.63. The van der Waals surface area contributed by atoms with Crippen molar-refractivity contribution in [2.45, 2.75) is 25.4 Å². The van der Waals surface area contributed by atoms with E-state index in [-0.39, 0.29) is 0 Å². The molecule has 1 aliphatic carbocycles. The molecule has 0 atom stereocenters. The first-order chi connectivity index (χ1) is 12.2. The maximum atomic E-state index is 13.7. The molecule has 0 aliphatic heterocycles. The first kappa shape index (κ1) is 16.2. The van der Waals surface area contributed by atoms with Gasteiger partial charge < -0.3 is 0 Å². The Morgan fingerprint density at radius 3 is 1.24 bits per heavy atom. The topological polar surface area (TPSA) is 17.1 Å². The Hall–Kier alpha value is -2.24. The monoisotopic (exact) mass is 346 g/mol. The van der Waals surface area contributed by atoms with Crippen molar-refractivity contribution < 1.29 is 4.79 Å². The van der Waals surface area contributed by atoms with Crippen LogP contribution < -0.4 is 15.9 Å². The van der Waals surface area contributed by atoms with Crippen LogP contribution in [0.15, 0.2) is 91.0 Å². The van der Waals surface area contributed by atoms with Crippen molar-refractivity contribution in [2.75, 3.05) is 0 Å². The third-order valence-corrected chi connectivity index (χ3v) is 13.2. The van der Waals surface area contributed by atoms with Gasteiger partial charge in [-0.15, -0.1) is 0 Å². The number of carbonyl (C=O) groups excluding carboxylic acids is 1. The molecule has 1 nitrogen and oxygen atoms in total. The summed E-state index contributed by atoms with van der Waals surface area (Å²) >= 11 is 0. The van der Waals surface area contributed by atoms with Crippen LogP contribution in [0.3, 0.4) is 0 Å². The summed E-state index contributed by atoms with van der Waals surface area (Å²) in [6, 6.07) is 31.7. The van der Waals surface area contributed by atoms with Crippen LogP contribution >= 0.6 is 6.60 Å². The summed E-state index contributed by atoms with van der Waals surface area (Å²) in [5.41, 5.74) is 0.743. The number of rotatable bonds is 5. The van der Waals surface area contributed by atoms with Crippen LogP contribution in [0.2, 0.25) is 0 Å². The standard InChI is InChI=1S/C23H23OP/c1-19(24)25(23-17-18-23,20-11-5-2-6-12-20,21-13-7-3-8-14-21)22-15-9-4-10-16-22/h2-16,23H,17-18H2,1H3. The normalized spacial score (nSPS) is 16.0. The van der Waals surface area contributed by atoms with E-state index < -0.39 is 6.60 Å². The van der Waals surface area contributed by atoms with Crippen molar-refractivity contribution in [1.82, 2.24) is 0 Å². The Morgan fingerprint density at radius 2 is 1.00 bits per heavy atom. The van der Waals surface area contributed by atoms with Gasteiger partial charge in [-0.05, 0) is 0 Å². The van der Waals surface area contributed by atoms with E-state index in [1.807, 2.05) is 25.1 Å². The molecule has 1 saturated carbocycles. The Morgan fingerprint density at radius 1 is 0.680 bits per heavy atom. The van der Waals surface area contributed by atoms with Crippen LogP contribution in [0.1, 0.15) is 19.8 Å². The fraction of sp³-hybridized carbons (Fsp3) is 0.174. The fourth-order valence-corrected chi connectivity index (χ4v) is 12.0. The van der Waals surface area contributed by atoms with Gasteiger partial charge in [0.15, 0.2) is 0 Å². The summed E-state index contributed by atoms with van der Waals surface area (Å²) in [5.74, 6) is 0. The Labute approximate surface area is 149 Å². The van der Waals surface area contributed by atoms with Crippen LogP contribution in [-0.2, 0) is 4.79 Å². The SMILES string of the molecule is CC(=O)P(c1ccccc1)(c1ccccc1)(c1ccccc1)C1CC1. The molecule has 3 aromatic rings. The Balaban J connectivity index is 2.23. The zero-order valence-electron chi connectivity index (χ0n) is 14.5. The van der Waals surface area contributed by atoms with Gasteiger partial charge in [-0.1, -0.05) is 0 Å². The third kappa shape index (κ3) is 2.03. The van der Waals surface area contributed by atoms with Gasteiger partial charge in [-0.3, -0.25) is 0 Å². The zero-order valence-corrected chi connectivity index (χ0v) is 15.4. The quantitative estimate of drug-likeness (QED) is 0.632. The van der Waals surface area contributed by atoms with Crippen LogP contribution in [-0.4, -0.2) is 11.2 Å². The van der Waals surface area contributed by atoms with Crippen molar-refractivity contribution in [3.63, 3.8) is 0 Å². The van der Waals surface area contributed by atoms with Crippen molar-refractivity contribution in [3.8, 4) is 0 Å². The van der Waals surface area contributed by atoms with Gasteiger partial charge >= 0.3 is 149 Å². The molecule has 2 heteroatoms. The second-order valence-corrected chi connectivity index (χ2v) is 12.2. The van der Waals surface area contributed by atoms with E-state index in [9.17, 15) is 4.79 Å². The van der Waals surface area contributed by atoms with E-state index in [2.05, 4.69) is 72.8 Å². The molecular weight excluding hydrogens is 323 g/mol. The average Bonchev–Trinajstić information content (AvgIpc) is 3.51. The fourth-order valence-electron chi connectivity index (χ4n) is 4.69. The van der Waals surface area contributed by atoms with Gasteiger partial charge in [0.2, 0.25) is 0 Å². The Bertz CT molecular complexity index is 784. The summed E-state index contributed by atoms with van der Waals surface area (Å²) in [7, 11) is 0. The minimum absolute atomic E-state index is 0.331. The van der Waals surface area contributed by atoms with Gasteiger partial charge in [-0.25, -0.2) is 0 Å². The van der Waals surface area contributed by atoms with Crippen LogP contribution in [0.4, 0.5) is 0 Å². The molecule has 0 amide bonds. The third-order valence-electron chi connectivity index (χ3n) is 5.81. The molecule has 3 aromatic carbocycles. The molecule has 0 aromatic heterocycles. The van der Waals surface area contributed by atoms with Crippen LogP contribution in [0, 0.1) is 0 Å². The van der Waals surface area contributed by atoms with Crippen molar-refractivity contribution in [2.24, 2.45) is 0 Å². The predicted molar refractivity (Wildman–Crippen MR) is 109 cm³/mol. The molecule has 0 N–H and O–H groups in total. The average molecular weight is 346 g/mol. The van der Waals surface area contributed by atoms with Gasteiger partial charge in [-0.2, -0.15) is 0 Å². The number of benzene rings is 3. The molecule has 25 heavy (non-hydrogen) atoms. The first-order valence-corrected chi connectivity index (χ1v) is 11.2. The molecule has 4 rings (SSSR count). The molecule has 126 valence electrons. The molecule has 0 heterocycles. The van der Waals surface area contributed by atoms with Gasteiger partial charge in [0.1, 0.15) is 0 Å². The van der Waals surface area contributed by atoms with E-state index in [1.165, 1.54) is 15.9 Å². The molecule has 0 radical (unpaired) electrons. The summed E-state index contributed by atoms with van der Waals surface area (Å²) in [4.78, 5) is 13.7. The predicted octanol–water partition coefficient (Wildman–Crippen LogP) is 4.23. The van der Waals surface area contributed by atoms with Gasteiger partial charge in [0.25, 0.3) is 0 Å². The number of hydrogen-bond acceptors (Lipinski definition) is 1. The van der Waals surface area contributed by atoms with Crippen molar-refractivity contribution in [1.29, 1.82) is 0 Å². The number of hydrogen-bond donors (Lipinski definition) is 0. The molecule has 0 saturated heterocycles. The molecule has 0 bridgehead atoms. The van der Waals surface area contributed by atoms with E-state index in [0.29, 0.717) is 11.2 Å². The second-order valence-electron chi connectivity index (χ2n) is 6.94. The van der Waals surface area contributed by atoms with Crippen LogP contribution in [0.25, 0.3) is 0 Å². The molecule has 1 aliphatic rings. The summed E-state index contributed by atoms with van der Waals surface area (Å²) in [6.45, 7) is -1.35. The second kappa shape index (κ2) is 5.93. The van der Waals surface area contributed by atoms with E-state index in [1.54, 1.807) is 0 Å².